The van der Waals surface area contributed by atoms with Gasteiger partial charge in [0, 0.05) is 18.7 Å². The summed E-state index contributed by atoms with van der Waals surface area (Å²) in [6.45, 7) is 1.03. The zero-order valence-corrected chi connectivity index (χ0v) is 13.6. The standard InChI is InChI=1S/C9H13N.C6H5NO5S/c1-10(2)8-9-6-4-3-5-7-9;8-7(9)5-2-1-3-6(4-5)13(10,11)12/h3-7H,8H2,1-2H3;1-4H,(H,10,11,12). The fourth-order valence-electron chi connectivity index (χ4n) is 1.71. The van der Waals surface area contributed by atoms with Crippen molar-refractivity contribution in [3.8, 4) is 0 Å². The van der Waals surface area contributed by atoms with Crippen molar-refractivity contribution in [1.82, 2.24) is 4.90 Å². The van der Waals surface area contributed by atoms with Crippen LogP contribution in [0.1, 0.15) is 5.56 Å². The Bertz CT molecular complexity index is 745. The summed E-state index contributed by atoms with van der Waals surface area (Å²) in [6, 6.07) is 14.6. The molecule has 7 nitrogen and oxygen atoms in total. The van der Waals surface area contributed by atoms with Crippen LogP contribution in [0, 0.1) is 10.1 Å². The molecule has 0 aliphatic rings. The van der Waals surface area contributed by atoms with Gasteiger partial charge in [-0.15, -0.1) is 0 Å². The van der Waals surface area contributed by atoms with E-state index in [2.05, 4.69) is 43.3 Å². The molecule has 2 aromatic carbocycles. The number of nitro groups is 1. The van der Waals surface area contributed by atoms with E-state index in [1.54, 1.807) is 0 Å². The van der Waals surface area contributed by atoms with Gasteiger partial charge in [-0.05, 0) is 25.7 Å². The summed E-state index contributed by atoms with van der Waals surface area (Å²) in [5, 5.41) is 10.2. The number of nitro benzene ring substituents is 1. The topological polar surface area (TPSA) is 101 Å². The first kappa shape index (κ1) is 18.8. The van der Waals surface area contributed by atoms with Crippen molar-refractivity contribution in [2.75, 3.05) is 14.1 Å². The maximum atomic E-state index is 10.5. The monoisotopic (exact) mass is 338 g/mol. The third-order valence-electron chi connectivity index (χ3n) is 2.67. The number of non-ortho nitro benzene ring substituents is 1. The summed E-state index contributed by atoms with van der Waals surface area (Å²) < 4.78 is 29.6. The summed E-state index contributed by atoms with van der Waals surface area (Å²) in [5.41, 5.74) is 0.989. The lowest BCUT2D eigenvalue weighted by atomic mass is 10.2. The fourth-order valence-corrected chi connectivity index (χ4v) is 2.23. The van der Waals surface area contributed by atoms with Gasteiger partial charge in [-0.25, -0.2) is 0 Å². The molecular formula is C15H18N2O5S. The lowest BCUT2D eigenvalue weighted by Gasteiger charge is -2.08. The Kier molecular flexibility index (Phi) is 6.83. The molecule has 0 saturated heterocycles. The first-order valence-electron chi connectivity index (χ1n) is 6.61. The van der Waals surface area contributed by atoms with Crippen LogP contribution in [0.3, 0.4) is 0 Å². The quantitative estimate of drug-likeness (QED) is 0.522. The minimum Gasteiger partial charge on any atom is -0.305 e. The number of hydrogen-bond acceptors (Lipinski definition) is 5. The molecule has 0 aliphatic carbocycles. The molecule has 0 unspecified atom stereocenters. The van der Waals surface area contributed by atoms with Crippen molar-refractivity contribution >= 4 is 15.8 Å². The normalized spacial score (nSPS) is 10.8. The van der Waals surface area contributed by atoms with Gasteiger partial charge in [-0.2, -0.15) is 8.42 Å². The van der Waals surface area contributed by atoms with Gasteiger partial charge in [0.05, 0.1) is 4.92 Å². The van der Waals surface area contributed by atoms with Crippen molar-refractivity contribution in [2.24, 2.45) is 0 Å². The summed E-state index contributed by atoms with van der Waals surface area (Å²) >= 11 is 0. The van der Waals surface area contributed by atoms with Crippen molar-refractivity contribution in [3.63, 3.8) is 0 Å². The summed E-state index contributed by atoms with van der Waals surface area (Å²) in [5.74, 6) is 0. The minimum atomic E-state index is -4.36. The number of rotatable bonds is 4. The maximum absolute atomic E-state index is 10.5. The molecule has 23 heavy (non-hydrogen) atoms. The van der Waals surface area contributed by atoms with E-state index < -0.39 is 19.9 Å². The predicted molar refractivity (Wildman–Crippen MR) is 86.7 cm³/mol. The lowest BCUT2D eigenvalue weighted by Crippen LogP contribution is -2.10. The second-order valence-electron chi connectivity index (χ2n) is 4.95. The van der Waals surface area contributed by atoms with Crippen LogP contribution in [0.4, 0.5) is 5.69 Å². The van der Waals surface area contributed by atoms with Crippen molar-refractivity contribution in [1.29, 1.82) is 0 Å². The van der Waals surface area contributed by atoms with Gasteiger partial charge >= 0.3 is 0 Å². The number of nitrogens with zero attached hydrogens (tertiary/aromatic N) is 2. The lowest BCUT2D eigenvalue weighted by molar-refractivity contribution is -0.385. The van der Waals surface area contributed by atoms with Gasteiger partial charge in [0.2, 0.25) is 0 Å². The summed E-state index contributed by atoms with van der Waals surface area (Å²) in [4.78, 5) is 11.1. The molecule has 0 fully saturated rings. The van der Waals surface area contributed by atoms with Gasteiger partial charge in [-0.3, -0.25) is 14.7 Å². The van der Waals surface area contributed by atoms with Crippen LogP contribution in [-0.4, -0.2) is 36.9 Å². The largest absolute Gasteiger partial charge is 0.305 e. The Morgan fingerprint density at radius 3 is 2.17 bits per heavy atom. The highest BCUT2D eigenvalue weighted by Crippen LogP contribution is 2.16. The van der Waals surface area contributed by atoms with E-state index in [-0.39, 0.29) is 5.69 Å². The Hall–Kier alpha value is -2.29. The molecule has 1 N–H and O–H groups in total. The second-order valence-corrected chi connectivity index (χ2v) is 6.37. The Morgan fingerprint density at radius 1 is 1.09 bits per heavy atom. The first-order valence-corrected chi connectivity index (χ1v) is 8.05. The van der Waals surface area contributed by atoms with Gasteiger partial charge in [0.1, 0.15) is 4.90 Å². The Balaban J connectivity index is 0.000000238. The average molecular weight is 338 g/mol. The molecule has 0 bridgehead atoms. The smallest absolute Gasteiger partial charge is 0.294 e. The molecule has 0 aromatic heterocycles. The molecule has 0 heterocycles. The Morgan fingerprint density at radius 2 is 1.70 bits per heavy atom. The molecule has 0 spiro atoms. The molecule has 0 radical (unpaired) electrons. The highest BCUT2D eigenvalue weighted by atomic mass is 32.2. The van der Waals surface area contributed by atoms with Crippen molar-refractivity contribution in [3.05, 3.63) is 70.3 Å². The van der Waals surface area contributed by atoms with Crippen LogP contribution in [-0.2, 0) is 16.7 Å². The third kappa shape index (κ3) is 7.00. The van der Waals surface area contributed by atoms with Crippen molar-refractivity contribution in [2.45, 2.75) is 11.4 Å². The highest BCUT2D eigenvalue weighted by molar-refractivity contribution is 7.85. The molecule has 0 atom stereocenters. The molecular weight excluding hydrogens is 320 g/mol. The summed E-state index contributed by atoms with van der Waals surface area (Å²) in [7, 11) is -0.211. The van der Waals surface area contributed by atoms with E-state index in [0.29, 0.717) is 0 Å². The molecule has 0 aliphatic heterocycles. The van der Waals surface area contributed by atoms with Crippen LogP contribution in [0.5, 0.6) is 0 Å². The van der Waals surface area contributed by atoms with E-state index in [1.165, 1.54) is 11.6 Å². The van der Waals surface area contributed by atoms with E-state index in [4.69, 9.17) is 4.55 Å². The van der Waals surface area contributed by atoms with Crippen LogP contribution in [0.2, 0.25) is 0 Å². The highest BCUT2D eigenvalue weighted by Gasteiger charge is 2.13. The van der Waals surface area contributed by atoms with Gasteiger partial charge in [0.25, 0.3) is 15.8 Å². The van der Waals surface area contributed by atoms with Gasteiger partial charge in [0.15, 0.2) is 0 Å². The minimum absolute atomic E-state index is 0.380. The zero-order valence-electron chi connectivity index (χ0n) is 12.8. The van der Waals surface area contributed by atoms with E-state index in [9.17, 15) is 18.5 Å². The van der Waals surface area contributed by atoms with Crippen LogP contribution < -0.4 is 0 Å². The molecule has 0 amide bonds. The van der Waals surface area contributed by atoms with Crippen LogP contribution in [0.15, 0.2) is 59.5 Å². The molecule has 8 heteroatoms. The van der Waals surface area contributed by atoms with E-state index in [1.807, 2.05) is 6.07 Å². The van der Waals surface area contributed by atoms with Gasteiger partial charge < -0.3 is 4.90 Å². The first-order chi connectivity index (χ1) is 10.7. The third-order valence-corrected chi connectivity index (χ3v) is 3.52. The van der Waals surface area contributed by atoms with E-state index >= 15 is 0 Å². The fraction of sp³-hybridized carbons (Fsp3) is 0.200. The maximum Gasteiger partial charge on any atom is 0.294 e. The van der Waals surface area contributed by atoms with Gasteiger partial charge in [-0.1, -0.05) is 36.4 Å². The van der Waals surface area contributed by atoms with Crippen molar-refractivity contribution < 1.29 is 17.9 Å². The average Bonchev–Trinajstić information content (AvgIpc) is 2.47. The second kappa shape index (κ2) is 8.37. The SMILES string of the molecule is CN(C)Cc1ccccc1.O=[N+]([O-])c1cccc(S(=O)(=O)O)c1. The van der Waals surface area contributed by atoms with Crippen LogP contribution >= 0.6 is 0 Å². The summed E-state index contributed by atoms with van der Waals surface area (Å²) in [6.07, 6.45) is 0. The molecule has 0 saturated carbocycles. The number of hydrogen-bond donors (Lipinski definition) is 1. The molecule has 2 rings (SSSR count). The predicted octanol–water partition coefficient (Wildman–Crippen LogP) is 2.59. The Labute approximate surface area is 135 Å². The molecule has 124 valence electrons. The zero-order chi connectivity index (χ0) is 17.5. The number of benzene rings is 2. The van der Waals surface area contributed by atoms with Crippen LogP contribution in [0.25, 0.3) is 0 Å². The molecule has 2 aromatic rings. The van der Waals surface area contributed by atoms with E-state index in [0.717, 1.165) is 24.7 Å².